The number of nitrogens with one attached hydrogen (secondary N) is 1. The van der Waals surface area contributed by atoms with Crippen LogP contribution in [-0.4, -0.2) is 22.6 Å². The molecule has 1 fully saturated rings. The molecule has 4 heteroatoms. The Hall–Kier alpha value is -0.540. The first kappa shape index (κ1) is 9.99. The largest absolute Gasteiger partial charge is 0.322 e. The summed E-state index contributed by atoms with van der Waals surface area (Å²) in [5, 5.41) is 4.12. The molecule has 0 saturated carbocycles. The maximum atomic E-state index is 5.98. The van der Waals surface area contributed by atoms with Crippen molar-refractivity contribution in [3.8, 4) is 0 Å². The van der Waals surface area contributed by atoms with Gasteiger partial charge in [-0.1, -0.05) is 18.5 Å². The lowest BCUT2D eigenvalue weighted by Crippen LogP contribution is -2.34. The number of halogens is 1. The zero-order valence-corrected chi connectivity index (χ0v) is 9.38. The maximum absolute atomic E-state index is 5.98. The van der Waals surface area contributed by atoms with Gasteiger partial charge in [0, 0.05) is 13.0 Å². The summed E-state index contributed by atoms with van der Waals surface area (Å²) in [7, 11) is 1.99. The van der Waals surface area contributed by atoms with Crippen molar-refractivity contribution in [2.45, 2.75) is 19.3 Å². The third-order valence-corrected chi connectivity index (χ3v) is 3.44. The van der Waals surface area contributed by atoms with Crippen LogP contribution in [0.4, 0.5) is 0 Å². The predicted molar refractivity (Wildman–Crippen MR) is 57.6 cm³/mol. The van der Waals surface area contributed by atoms with Crippen molar-refractivity contribution in [3.63, 3.8) is 0 Å². The van der Waals surface area contributed by atoms with Crippen LogP contribution in [-0.2, 0) is 7.05 Å². The Morgan fingerprint density at radius 1 is 1.64 bits per heavy atom. The van der Waals surface area contributed by atoms with Crippen molar-refractivity contribution in [2.75, 3.05) is 13.1 Å². The van der Waals surface area contributed by atoms with Crippen LogP contribution in [0.2, 0.25) is 5.15 Å². The van der Waals surface area contributed by atoms with Gasteiger partial charge in [-0.15, -0.1) is 0 Å². The number of aromatic nitrogens is 2. The lowest BCUT2D eigenvalue weighted by molar-refractivity contribution is 0.333. The number of hydrogen-bond donors (Lipinski definition) is 1. The number of rotatable bonds is 1. The van der Waals surface area contributed by atoms with E-state index in [-0.39, 0.29) is 0 Å². The van der Waals surface area contributed by atoms with Crippen LogP contribution < -0.4 is 5.32 Å². The molecule has 0 aliphatic carbocycles. The Kier molecular flexibility index (Phi) is 2.79. The van der Waals surface area contributed by atoms with Gasteiger partial charge in [-0.3, -0.25) is 0 Å². The molecule has 1 saturated heterocycles. The minimum atomic E-state index is 0.550. The Morgan fingerprint density at radius 2 is 2.43 bits per heavy atom. The highest BCUT2D eigenvalue weighted by molar-refractivity contribution is 6.29. The van der Waals surface area contributed by atoms with Gasteiger partial charge < -0.3 is 9.88 Å². The molecule has 1 aromatic rings. The van der Waals surface area contributed by atoms with E-state index < -0.39 is 0 Å². The standard InChI is InChI=1S/C10H16ClN3/c1-7-5-12-4-3-8(7)10-13-6-9(11)14(10)2/h6-8,12H,3-5H2,1-2H3. The highest BCUT2D eigenvalue weighted by Crippen LogP contribution is 2.29. The summed E-state index contributed by atoms with van der Waals surface area (Å²) in [6.07, 6.45) is 2.90. The Bertz CT molecular complexity index is 321. The Balaban J connectivity index is 2.24. The second-order valence-electron chi connectivity index (χ2n) is 4.07. The minimum Gasteiger partial charge on any atom is -0.322 e. The number of piperidine rings is 1. The summed E-state index contributed by atoms with van der Waals surface area (Å²) >= 11 is 5.98. The van der Waals surface area contributed by atoms with Crippen LogP contribution in [0.15, 0.2) is 6.20 Å². The molecule has 2 rings (SSSR count). The van der Waals surface area contributed by atoms with E-state index in [1.807, 2.05) is 11.6 Å². The minimum absolute atomic E-state index is 0.550. The molecule has 2 heterocycles. The van der Waals surface area contributed by atoms with Gasteiger partial charge in [0.1, 0.15) is 11.0 Å². The molecule has 1 aromatic heterocycles. The second kappa shape index (κ2) is 3.91. The smallest absolute Gasteiger partial charge is 0.128 e. The zero-order valence-electron chi connectivity index (χ0n) is 8.63. The third-order valence-electron chi connectivity index (χ3n) is 3.08. The topological polar surface area (TPSA) is 29.9 Å². The first-order valence-electron chi connectivity index (χ1n) is 5.08. The van der Waals surface area contributed by atoms with Crippen molar-refractivity contribution in [2.24, 2.45) is 13.0 Å². The van der Waals surface area contributed by atoms with E-state index in [1.54, 1.807) is 6.20 Å². The summed E-state index contributed by atoms with van der Waals surface area (Å²) in [6, 6.07) is 0. The summed E-state index contributed by atoms with van der Waals surface area (Å²) < 4.78 is 1.99. The van der Waals surface area contributed by atoms with Crippen molar-refractivity contribution in [1.82, 2.24) is 14.9 Å². The number of hydrogen-bond acceptors (Lipinski definition) is 2. The van der Waals surface area contributed by atoms with Gasteiger partial charge in [0.25, 0.3) is 0 Å². The fraction of sp³-hybridized carbons (Fsp3) is 0.700. The maximum Gasteiger partial charge on any atom is 0.128 e. The van der Waals surface area contributed by atoms with Gasteiger partial charge in [-0.25, -0.2) is 4.98 Å². The summed E-state index contributed by atoms with van der Waals surface area (Å²) in [4.78, 5) is 4.39. The molecule has 14 heavy (non-hydrogen) atoms. The summed E-state index contributed by atoms with van der Waals surface area (Å²) in [5.41, 5.74) is 0. The van der Waals surface area contributed by atoms with Gasteiger partial charge in [0.15, 0.2) is 0 Å². The molecular weight excluding hydrogens is 198 g/mol. The van der Waals surface area contributed by atoms with Crippen molar-refractivity contribution in [1.29, 1.82) is 0 Å². The fourth-order valence-electron chi connectivity index (χ4n) is 2.14. The van der Waals surface area contributed by atoms with Crippen LogP contribution in [0.3, 0.4) is 0 Å². The van der Waals surface area contributed by atoms with Crippen LogP contribution >= 0.6 is 11.6 Å². The normalized spacial score (nSPS) is 27.9. The van der Waals surface area contributed by atoms with E-state index in [0.717, 1.165) is 30.5 Å². The molecule has 1 N–H and O–H groups in total. The molecule has 0 radical (unpaired) electrons. The average molecular weight is 214 g/mol. The average Bonchev–Trinajstić information content (AvgIpc) is 2.49. The molecule has 1 aliphatic rings. The highest BCUT2D eigenvalue weighted by atomic mass is 35.5. The first-order valence-corrected chi connectivity index (χ1v) is 5.45. The van der Waals surface area contributed by atoms with E-state index in [0.29, 0.717) is 11.8 Å². The predicted octanol–water partition coefficient (Wildman–Crippen LogP) is 1.79. The van der Waals surface area contributed by atoms with Gasteiger partial charge in [0.2, 0.25) is 0 Å². The molecule has 2 atom stereocenters. The monoisotopic (exact) mass is 213 g/mol. The van der Waals surface area contributed by atoms with Gasteiger partial charge >= 0.3 is 0 Å². The fourth-order valence-corrected chi connectivity index (χ4v) is 2.28. The molecular formula is C10H16ClN3. The third kappa shape index (κ3) is 1.66. The molecule has 0 aromatic carbocycles. The van der Waals surface area contributed by atoms with Crippen molar-refractivity contribution >= 4 is 11.6 Å². The van der Waals surface area contributed by atoms with E-state index in [4.69, 9.17) is 11.6 Å². The van der Waals surface area contributed by atoms with Crippen molar-refractivity contribution < 1.29 is 0 Å². The highest BCUT2D eigenvalue weighted by Gasteiger charge is 2.26. The Labute approximate surface area is 89.5 Å². The van der Waals surface area contributed by atoms with Crippen LogP contribution in [0.1, 0.15) is 25.1 Å². The van der Waals surface area contributed by atoms with E-state index in [2.05, 4.69) is 17.2 Å². The molecule has 0 amide bonds. The number of imidazole rings is 1. The SMILES string of the molecule is CC1CNCCC1c1ncc(Cl)n1C. The van der Waals surface area contributed by atoms with Gasteiger partial charge in [-0.2, -0.15) is 0 Å². The van der Waals surface area contributed by atoms with E-state index in [9.17, 15) is 0 Å². The number of nitrogens with zero attached hydrogens (tertiary/aromatic N) is 2. The first-order chi connectivity index (χ1) is 6.70. The lowest BCUT2D eigenvalue weighted by atomic mass is 9.87. The molecule has 0 spiro atoms. The van der Waals surface area contributed by atoms with E-state index >= 15 is 0 Å². The van der Waals surface area contributed by atoms with Gasteiger partial charge in [-0.05, 0) is 25.4 Å². The molecule has 3 nitrogen and oxygen atoms in total. The molecule has 2 unspecified atom stereocenters. The molecule has 78 valence electrons. The molecule has 1 aliphatic heterocycles. The van der Waals surface area contributed by atoms with Crippen LogP contribution in [0.25, 0.3) is 0 Å². The summed E-state index contributed by atoms with van der Waals surface area (Å²) in [6.45, 7) is 4.42. The molecule has 0 bridgehead atoms. The van der Waals surface area contributed by atoms with Gasteiger partial charge in [0.05, 0.1) is 6.20 Å². The van der Waals surface area contributed by atoms with Crippen molar-refractivity contribution in [3.05, 3.63) is 17.2 Å². The van der Waals surface area contributed by atoms with Crippen LogP contribution in [0, 0.1) is 5.92 Å². The lowest BCUT2D eigenvalue weighted by Gasteiger charge is -2.28. The van der Waals surface area contributed by atoms with E-state index in [1.165, 1.54) is 0 Å². The Morgan fingerprint density at radius 3 is 3.00 bits per heavy atom. The second-order valence-corrected chi connectivity index (χ2v) is 4.46. The zero-order chi connectivity index (χ0) is 10.1. The summed E-state index contributed by atoms with van der Waals surface area (Å²) in [5.74, 6) is 2.32. The quantitative estimate of drug-likeness (QED) is 0.771. The van der Waals surface area contributed by atoms with Crippen LogP contribution in [0.5, 0.6) is 0 Å².